The van der Waals surface area contributed by atoms with Gasteiger partial charge in [0.15, 0.2) is 0 Å². The first-order valence-corrected chi connectivity index (χ1v) is 8.47. The third-order valence-corrected chi connectivity index (χ3v) is 4.73. The molecule has 0 atom stereocenters. The lowest BCUT2D eigenvalue weighted by atomic mass is 9.97. The van der Waals surface area contributed by atoms with Gasteiger partial charge in [-0.1, -0.05) is 0 Å². The largest absolute Gasteiger partial charge is 0.346 e. The van der Waals surface area contributed by atoms with Gasteiger partial charge in [0.2, 0.25) is 5.91 Å². The molecule has 3 heterocycles. The highest BCUT2D eigenvalue weighted by atomic mass is 16.2. The Labute approximate surface area is 147 Å². The van der Waals surface area contributed by atoms with Gasteiger partial charge in [-0.25, -0.2) is 9.78 Å². The van der Waals surface area contributed by atoms with Crippen molar-refractivity contribution in [1.29, 1.82) is 0 Å². The van der Waals surface area contributed by atoms with Crippen molar-refractivity contribution in [2.75, 3.05) is 33.7 Å². The summed E-state index contributed by atoms with van der Waals surface area (Å²) in [6.45, 7) is 5.66. The van der Waals surface area contributed by atoms with Crippen LogP contribution in [0.4, 0.5) is 4.79 Å². The van der Waals surface area contributed by atoms with Gasteiger partial charge in [0, 0.05) is 51.5 Å². The highest BCUT2D eigenvalue weighted by Gasteiger charge is 2.38. The molecule has 3 rings (SSSR count). The lowest BCUT2D eigenvalue weighted by Crippen LogP contribution is -2.63. The molecule has 1 aliphatic rings. The number of hydrogen-bond donors (Lipinski definition) is 1. The number of fused-ring (bicyclic) bond motifs is 1. The molecule has 1 fully saturated rings. The molecule has 25 heavy (non-hydrogen) atoms. The van der Waals surface area contributed by atoms with E-state index < -0.39 is 5.54 Å². The van der Waals surface area contributed by atoms with E-state index in [1.165, 1.54) is 0 Å². The van der Waals surface area contributed by atoms with Gasteiger partial charge in [-0.2, -0.15) is 0 Å². The molecule has 0 unspecified atom stereocenters. The summed E-state index contributed by atoms with van der Waals surface area (Å²) in [5.41, 5.74) is 1.35. The van der Waals surface area contributed by atoms with Crippen LogP contribution in [0.3, 0.4) is 0 Å². The minimum atomic E-state index is -0.397. The molecule has 3 amide bonds. The van der Waals surface area contributed by atoms with Gasteiger partial charge in [-0.15, -0.1) is 0 Å². The second-order valence-electron chi connectivity index (χ2n) is 7.35. The van der Waals surface area contributed by atoms with E-state index in [4.69, 9.17) is 0 Å². The maximum Gasteiger partial charge on any atom is 0.319 e. The van der Waals surface area contributed by atoms with E-state index in [0.717, 1.165) is 16.6 Å². The van der Waals surface area contributed by atoms with Gasteiger partial charge in [-0.3, -0.25) is 4.79 Å². The smallest absolute Gasteiger partial charge is 0.319 e. The summed E-state index contributed by atoms with van der Waals surface area (Å²) in [4.78, 5) is 37.8. The van der Waals surface area contributed by atoms with Crippen LogP contribution >= 0.6 is 0 Å². The highest BCUT2D eigenvalue weighted by Crippen LogP contribution is 2.24. The van der Waals surface area contributed by atoms with Gasteiger partial charge in [0.05, 0.1) is 12.0 Å². The number of nitrogens with one attached hydrogen (secondary N) is 1. The Morgan fingerprint density at radius 3 is 2.76 bits per heavy atom. The minimum Gasteiger partial charge on any atom is -0.346 e. The quantitative estimate of drug-likeness (QED) is 0.902. The van der Waals surface area contributed by atoms with Crippen LogP contribution in [0, 0.1) is 0 Å². The van der Waals surface area contributed by atoms with Gasteiger partial charge in [-0.05, 0) is 31.5 Å². The van der Waals surface area contributed by atoms with Crippen molar-refractivity contribution < 1.29 is 9.59 Å². The van der Waals surface area contributed by atoms with Gasteiger partial charge < -0.3 is 19.7 Å². The summed E-state index contributed by atoms with van der Waals surface area (Å²) in [7, 11) is 3.50. The van der Waals surface area contributed by atoms with Crippen LogP contribution in [0.25, 0.3) is 11.0 Å². The highest BCUT2D eigenvalue weighted by molar-refractivity contribution is 5.87. The first-order valence-electron chi connectivity index (χ1n) is 8.47. The van der Waals surface area contributed by atoms with Gasteiger partial charge in [0.25, 0.3) is 0 Å². The third-order valence-electron chi connectivity index (χ3n) is 4.73. The summed E-state index contributed by atoms with van der Waals surface area (Å²) >= 11 is 0. The topological polar surface area (TPSA) is 72.5 Å². The molecule has 1 saturated heterocycles. The molecule has 7 nitrogen and oxygen atoms in total. The molecule has 0 saturated carbocycles. The van der Waals surface area contributed by atoms with E-state index >= 15 is 0 Å². The van der Waals surface area contributed by atoms with E-state index in [2.05, 4.69) is 9.97 Å². The molecular weight excluding hydrogens is 318 g/mol. The number of urea groups is 1. The zero-order chi connectivity index (χ0) is 18.2. The number of nitrogens with zero attached hydrogens (tertiary/aromatic N) is 4. The van der Waals surface area contributed by atoms with Crippen LogP contribution < -0.4 is 0 Å². The Balaban J connectivity index is 1.73. The van der Waals surface area contributed by atoms with E-state index in [1.54, 1.807) is 30.1 Å². The second kappa shape index (κ2) is 6.38. The lowest BCUT2D eigenvalue weighted by molar-refractivity contribution is -0.139. The molecule has 0 bridgehead atoms. The van der Waals surface area contributed by atoms with E-state index in [-0.39, 0.29) is 11.9 Å². The first kappa shape index (κ1) is 17.3. The van der Waals surface area contributed by atoms with Crippen molar-refractivity contribution in [3.63, 3.8) is 0 Å². The van der Waals surface area contributed by atoms with Crippen LogP contribution in [0.15, 0.2) is 24.5 Å². The first-order chi connectivity index (χ1) is 11.8. The molecule has 0 spiro atoms. The molecule has 1 aliphatic heterocycles. The lowest BCUT2D eigenvalue weighted by Gasteiger charge is -2.47. The van der Waals surface area contributed by atoms with Crippen molar-refractivity contribution in [1.82, 2.24) is 24.7 Å². The Kier molecular flexibility index (Phi) is 4.41. The number of rotatable bonds is 2. The minimum absolute atomic E-state index is 0.0112. The van der Waals surface area contributed by atoms with E-state index in [1.807, 2.05) is 37.1 Å². The molecular formula is C18H25N5O2. The number of piperazine rings is 1. The summed E-state index contributed by atoms with van der Waals surface area (Å²) in [5, 5.41) is 0.982. The van der Waals surface area contributed by atoms with Crippen molar-refractivity contribution in [2.45, 2.75) is 25.8 Å². The Hall–Kier alpha value is -2.57. The summed E-state index contributed by atoms with van der Waals surface area (Å²) in [6, 6.07) is 3.84. The fourth-order valence-electron chi connectivity index (χ4n) is 3.48. The Bertz CT molecular complexity index is 796. The molecule has 1 N–H and O–H groups in total. The maximum atomic E-state index is 12.9. The molecule has 134 valence electrons. The Morgan fingerprint density at radius 1 is 1.32 bits per heavy atom. The monoisotopic (exact) mass is 343 g/mol. The zero-order valence-electron chi connectivity index (χ0n) is 15.2. The zero-order valence-corrected chi connectivity index (χ0v) is 15.2. The Morgan fingerprint density at radius 2 is 2.08 bits per heavy atom. The average molecular weight is 343 g/mol. The number of pyridine rings is 1. The van der Waals surface area contributed by atoms with Crippen molar-refractivity contribution in [2.24, 2.45) is 0 Å². The molecule has 7 heteroatoms. The molecule has 0 aromatic carbocycles. The van der Waals surface area contributed by atoms with Crippen LogP contribution in [-0.4, -0.2) is 75.9 Å². The molecule has 0 aliphatic carbocycles. The normalized spacial score (nSPS) is 17.0. The predicted molar refractivity (Wildman–Crippen MR) is 96.2 cm³/mol. The van der Waals surface area contributed by atoms with Crippen molar-refractivity contribution >= 4 is 23.0 Å². The van der Waals surface area contributed by atoms with Crippen molar-refractivity contribution in [3.8, 4) is 0 Å². The number of H-pyrrole nitrogens is 1. The number of hydrogen-bond acceptors (Lipinski definition) is 3. The number of carbonyl (C=O) groups is 2. The van der Waals surface area contributed by atoms with Gasteiger partial charge in [0.1, 0.15) is 5.65 Å². The number of aromatic nitrogens is 2. The predicted octanol–water partition coefficient (Wildman–Crippen LogP) is 1.71. The SMILES string of the molecule is CN(C)C(=O)N1CCN(C(=O)Cc2c[nH]c3ncccc23)C(C)(C)C1. The van der Waals surface area contributed by atoms with E-state index in [9.17, 15) is 9.59 Å². The summed E-state index contributed by atoms with van der Waals surface area (Å²) in [5.74, 6) is 0.0757. The fourth-order valence-corrected chi connectivity index (χ4v) is 3.48. The number of aromatic amines is 1. The summed E-state index contributed by atoms with van der Waals surface area (Å²) in [6.07, 6.45) is 3.92. The maximum absolute atomic E-state index is 12.9. The molecule has 2 aromatic heterocycles. The van der Waals surface area contributed by atoms with Gasteiger partial charge >= 0.3 is 6.03 Å². The van der Waals surface area contributed by atoms with Crippen LogP contribution in [-0.2, 0) is 11.2 Å². The van der Waals surface area contributed by atoms with Crippen molar-refractivity contribution in [3.05, 3.63) is 30.1 Å². The van der Waals surface area contributed by atoms with Crippen LogP contribution in [0.2, 0.25) is 0 Å². The standard InChI is InChI=1S/C18H25N5O2/c1-18(2)12-22(17(25)21(3)4)8-9-23(18)15(24)10-13-11-20-16-14(13)6-5-7-19-16/h5-7,11H,8-10,12H2,1-4H3,(H,19,20). The molecule has 2 aromatic rings. The fraction of sp³-hybridized carbons (Fsp3) is 0.500. The van der Waals surface area contributed by atoms with E-state index in [0.29, 0.717) is 26.1 Å². The number of amides is 3. The molecule has 0 radical (unpaired) electrons. The number of carbonyl (C=O) groups excluding carboxylic acids is 2. The third kappa shape index (κ3) is 3.31. The van der Waals surface area contributed by atoms with Crippen LogP contribution in [0.1, 0.15) is 19.4 Å². The average Bonchev–Trinajstić information content (AvgIpc) is 2.96. The summed E-state index contributed by atoms with van der Waals surface area (Å²) < 4.78 is 0. The van der Waals surface area contributed by atoms with Crippen LogP contribution in [0.5, 0.6) is 0 Å². The second-order valence-corrected chi connectivity index (χ2v) is 7.35.